The van der Waals surface area contributed by atoms with Crippen LogP contribution in [0.1, 0.15) is 38.4 Å². The third-order valence-corrected chi connectivity index (χ3v) is 2.98. The molecule has 0 saturated carbocycles. The summed E-state index contributed by atoms with van der Waals surface area (Å²) in [6.07, 6.45) is 3.86. The first kappa shape index (κ1) is 11.5. The Kier molecular flexibility index (Phi) is 4.36. The Morgan fingerprint density at radius 2 is 2.07 bits per heavy atom. The van der Waals surface area contributed by atoms with Crippen molar-refractivity contribution in [3.63, 3.8) is 0 Å². The van der Waals surface area contributed by atoms with Crippen LogP contribution < -0.4 is 5.73 Å². The molecule has 0 aliphatic heterocycles. The second kappa shape index (κ2) is 5.32. The van der Waals surface area contributed by atoms with E-state index in [1.165, 1.54) is 0 Å². The van der Waals surface area contributed by atoms with Crippen molar-refractivity contribution in [1.82, 2.24) is 4.98 Å². The second-order valence-corrected chi connectivity index (χ2v) is 3.88. The van der Waals surface area contributed by atoms with Gasteiger partial charge in [-0.25, -0.2) is 0 Å². The highest BCUT2D eigenvalue weighted by molar-refractivity contribution is 6.31. The van der Waals surface area contributed by atoms with Gasteiger partial charge in [0.1, 0.15) is 0 Å². The van der Waals surface area contributed by atoms with Gasteiger partial charge in [-0.3, -0.25) is 4.98 Å². The fraction of sp³-hybridized carbons (Fsp3) is 0.545. The second-order valence-electron chi connectivity index (χ2n) is 3.47. The molecular formula is C11H17ClN2. The van der Waals surface area contributed by atoms with E-state index in [2.05, 4.69) is 18.8 Å². The standard InChI is InChI=1S/C11H17ClN2/c1-3-8(4-2)10(13)11-9(12)6-5-7-14-11/h5-8,10H,3-4,13H2,1-2H3. The van der Waals surface area contributed by atoms with Gasteiger partial charge in [-0.1, -0.05) is 38.3 Å². The van der Waals surface area contributed by atoms with Crippen molar-refractivity contribution < 1.29 is 0 Å². The van der Waals surface area contributed by atoms with E-state index < -0.39 is 0 Å². The van der Waals surface area contributed by atoms with Crippen LogP contribution >= 0.6 is 11.6 Å². The minimum atomic E-state index is -0.0429. The summed E-state index contributed by atoms with van der Waals surface area (Å²) in [4.78, 5) is 4.24. The lowest BCUT2D eigenvalue weighted by atomic mass is 9.92. The van der Waals surface area contributed by atoms with E-state index in [9.17, 15) is 0 Å². The lowest BCUT2D eigenvalue weighted by molar-refractivity contribution is 0.399. The van der Waals surface area contributed by atoms with E-state index in [1.54, 1.807) is 6.20 Å². The van der Waals surface area contributed by atoms with Gasteiger partial charge in [-0.2, -0.15) is 0 Å². The molecule has 3 heteroatoms. The molecule has 1 rings (SSSR count). The van der Waals surface area contributed by atoms with E-state index in [4.69, 9.17) is 17.3 Å². The van der Waals surface area contributed by atoms with Gasteiger partial charge in [0.15, 0.2) is 0 Å². The van der Waals surface area contributed by atoms with Crippen LogP contribution in [-0.4, -0.2) is 4.98 Å². The molecule has 0 spiro atoms. The number of pyridine rings is 1. The van der Waals surface area contributed by atoms with E-state index >= 15 is 0 Å². The summed E-state index contributed by atoms with van der Waals surface area (Å²) in [5, 5.41) is 0.673. The van der Waals surface area contributed by atoms with Crippen molar-refractivity contribution in [2.24, 2.45) is 11.7 Å². The van der Waals surface area contributed by atoms with Gasteiger partial charge in [0.2, 0.25) is 0 Å². The van der Waals surface area contributed by atoms with Crippen LogP contribution in [0.5, 0.6) is 0 Å². The van der Waals surface area contributed by atoms with Crippen LogP contribution in [0, 0.1) is 5.92 Å². The Labute approximate surface area is 90.5 Å². The van der Waals surface area contributed by atoms with Crippen LogP contribution in [0.15, 0.2) is 18.3 Å². The summed E-state index contributed by atoms with van der Waals surface area (Å²) >= 11 is 6.03. The molecular weight excluding hydrogens is 196 g/mol. The van der Waals surface area contributed by atoms with Gasteiger partial charge in [0, 0.05) is 6.20 Å². The first-order valence-electron chi connectivity index (χ1n) is 5.06. The summed E-state index contributed by atoms with van der Waals surface area (Å²) < 4.78 is 0. The predicted molar refractivity (Wildman–Crippen MR) is 60.2 cm³/mol. The number of aromatic nitrogens is 1. The molecule has 1 atom stereocenters. The van der Waals surface area contributed by atoms with Crippen molar-refractivity contribution in [1.29, 1.82) is 0 Å². The number of hydrogen-bond donors (Lipinski definition) is 1. The van der Waals surface area contributed by atoms with E-state index in [-0.39, 0.29) is 6.04 Å². The van der Waals surface area contributed by atoms with Gasteiger partial charge in [-0.05, 0) is 18.1 Å². The quantitative estimate of drug-likeness (QED) is 0.833. The highest BCUT2D eigenvalue weighted by Crippen LogP contribution is 2.27. The lowest BCUT2D eigenvalue weighted by Gasteiger charge is -2.21. The molecule has 0 fully saturated rings. The first-order valence-corrected chi connectivity index (χ1v) is 5.44. The molecule has 1 heterocycles. The third kappa shape index (κ3) is 2.46. The van der Waals surface area contributed by atoms with Gasteiger partial charge in [-0.15, -0.1) is 0 Å². The fourth-order valence-corrected chi connectivity index (χ4v) is 1.91. The summed E-state index contributed by atoms with van der Waals surface area (Å²) in [5.74, 6) is 0.461. The minimum absolute atomic E-state index is 0.0429. The Morgan fingerprint density at radius 3 is 2.57 bits per heavy atom. The van der Waals surface area contributed by atoms with Crippen molar-refractivity contribution in [3.8, 4) is 0 Å². The minimum Gasteiger partial charge on any atom is -0.322 e. The summed E-state index contributed by atoms with van der Waals surface area (Å²) in [5.41, 5.74) is 6.94. The molecule has 0 saturated heterocycles. The molecule has 0 bridgehead atoms. The van der Waals surface area contributed by atoms with Gasteiger partial charge < -0.3 is 5.73 Å². The average Bonchev–Trinajstić information content (AvgIpc) is 2.20. The number of hydrogen-bond acceptors (Lipinski definition) is 2. The lowest BCUT2D eigenvalue weighted by Crippen LogP contribution is -2.21. The SMILES string of the molecule is CCC(CC)C(N)c1ncccc1Cl. The molecule has 0 aliphatic carbocycles. The molecule has 1 unspecified atom stereocenters. The normalized spacial score (nSPS) is 13.2. The summed E-state index contributed by atoms with van der Waals surface area (Å²) in [6.45, 7) is 4.29. The predicted octanol–water partition coefficient (Wildman–Crippen LogP) is 3.17. The van der Waals surface area contributed by atoms with Crippen molar-refractivity contribution in [3.05, 3.63) is 29.0 Å². The Bertz CT molecular complexity index is 284. The maximum Gasteiger partial charge on any atom is 0.0759 e. The first-order chi connectivity index (χ1) is 6.70. The Morgan fingerprint density at radius 1 is 1.43 bits per heavy atom. The molecule has 2 N–H and O–H groups in total. The molecule has 1 aromatic rings. The highest BCUT2D eigenvalue weighted by Gasteiger charge is 2.19. The monoisotopic (exact) mass is 212 g/mol. The van der Waals surface area contributed by atoms with E-state index in [0.717, 1.165) is 18.5 Å². The molecule has 1 aromatic heterocycles. The van der Waals surface area contributed by atoms with Crippen LogP contribution in [0.3, 0.4) is 0 Å². The number of rotatable bonds is 4. The molecule has 0 aromatic carbocycles. The number of halogens is 1. The van der Waals surface area contributed by atoms with Crippen LogP contribution in [0.4, 0.5) is 0 Å². The van der Waals surface area contributed by atoms with E-state index in [0.29, 0.717) is 10.9 Å². The topological polar surface area (TPSA) is 38.9 Å². The molecule has 0 radical (unpaired) electrons. The summed E-state index contributed by atoms with van der Waals surface area (Å²) in [6, 6.07) is 3.62. The van der Waals surface area contributed by atoms with E-state index in [1.807, 2.05) is 12.1 Å². The Hall–Kier alpha value is -0.600. The van der Waals surface area contributed by atoms with Crippen LogP contribution in [-0.2, 0) is 0 Å². The van der Waals surface area contributed by atoms with Gasteiger partial charge >= 0.3 is 0 Å². The third-order valence-electron chi connectivity index (χ3n) is 2.66. The smallest absolute Gasteiger partial charge is 0.0759 e. The maximum atomic E-state index is 6.11. The van der Waals surface area contributed by atoms with Crippen molar-refractivity contribution in [2.75, 3.05) is 0 Å². The molecule has 0 amide bonds. The van der Waals surface area contributed by atoms with Crippen molar-refractivity contribution in [2.45, 2.75) is 32.7 Å². The fourth-order valence-electron chi connectivity index (χ4n) is 1.66. The summed E-state index contributed by atoms with van der Waals surface area (Å²) in [7, 11) is 0. The zero-order chi connectivity index (χ0) is 10.6. The van der Waals surface area contributed by atoms with Crippen LogP contribution in [0.25, 0.3) is 0 Å². The largest absolute Gasteiger partial charge is 0.322 e. The van der Waals surface area contributed by atoms with Gasteiger partial charge in [0.05, 0.1) is 16.8 Å². The van der Waals surface area contributed by atoms with Gasteiger partial charge in [0.25, 0.3) is 0 Å². The highest BCUT2D eigenvalue weighted by atomic mass is 35.5. The van der Waals surface area contributed by atoms with Crippen LogP contribution in [0.2, 0.25) is 5.02 Å². The average molecular weight is 213 g/mol. The molecule has 2 nitrogen and oxygen atoms in total. The molecule has 14 heavy (non-hydrogen) atoms. The maximum absolute atomic E-state index is 6.11. The Balaban J connectivity index is 2.88. The molecule has 0 aliphatic rings. The molecule has 78 valence electrons. The number of nitrogens with zero attached hydrogens (tertiary/aromatic N) is 1. The zero-order valence-corrected chi connectivity index (χ0v) is 9.46. The van der Waals surface area contributed by atoms with Crippen molar-refractivity contribution >= 4 is 11.6 Å². The zero-order valence-electron chi connectivity index (χ0n) is 8.70. The number of nitrogens with two attached hydrogens (primary N) is 1.